The van der Waals surface area contributed by atoms with Gasteiger partial charge in [0.2, 0.25) is 5.91 Å². The number of nitrogens with one attached hydrogen (secondary N) is 1. The van der Waals surface area contributed by atoms with Crippen LogP contribution >= 0.6 is 0 Å². The van der Waals surface area contributed by atoms with Crippen LogP contribution in [-0.2, 0) is 4.79 Å². The average Bonchev–Trinajstić information content (AvgIpc) is 2.65. The number of benzene rings is 1. The normalized spacial score (nSPS) is 15.1. The van der Waals surface area contributed by atoms with Crippen molar-refractivity contribution in [2.24, 2.45) is 5.73 Å². The lowest BCUT2D eigenvalue weighted by Gasteiger charge is -2.33. The smallest absolute Gasteiger partial charge is 0.221 e. The number of carbonyl (C=O) groups excluding carboxylic acids is 1. The molecule has 1 aliphatic heterocycles. The number of nitrogens with zero attached hydrogens (tertiary/aromatic N) is 3. The Morgan fingerprint density at radius 3 is 2.77 bits per heavy atom. The molecule has 0 radical (unpaired) electrons. The van der Waals surface area contributed by atoms with Crippen LogP contribution in [-0.4, -0.2) is 41.6 Å². The van der Waals surface area contributed by atoms with Crippen molar-refractivity contribution in [1.29, 1.82) is 0 Å². The number of nitrogens with two attached hydrogens (primary N) is 1. The van der Waals surface area contributed by atoms with Crippen LogP contribution in [0.1, 0.15) is 24.8 Å². The minimum atomic E-state index is -0.239. The highest BCUT2D eigenvalue weighted by Gasteiger charge is 2.21. The molecule has 138 valence electrons. The quantitative estimate of drug-likeness (QED) is 0.855. The van der Waals surface area contributed by atoms with Gasteiger partial charge in [-0.1, -0.05) is 12.1 Å². The van der Waals surface area contributed by atoms with Crippen molar-refractivity contribution >= 4 is 11.7 Å². The van der Waals surface area contributed by atoms with E-state index in [-0.39, 0.29) is 17.8 Å². The number of anilines is 1. The summed E-state index contributed by atoms with van der Waals surface area (Å²) in [7, 11) is 0. The molecule has 1 aromatic carbocycles. The Morgan fingerprint density at radius 2 is 2.08 bits per heavy atom. The van der Waals surface area contributed by atoms with Gasteiger partial charge < -0.3 is 16.0 Å². The number of halogens is 1. The highest BCUT2D eigenvalue weighted by atomic mass is 19.1. The van der Waals surface area contributed by atoms with E-state index < -0.39 is 0 Å². The Balaban J connectivity index is 1.66. The number of hydrogen-bond donors (Lipinski definition) is 2. The molecule has 0 atom stereocenters. The van der Waals surface area contributed by atoms with E-state index in [0.717, 1.165) is 37.3 Å². The third kappa shape index (κ3) is 4.35. The minimum absolute atomic E-state index is 0.0108. The van der Waals surface area contributed by atoms with E-state index in [9.17, 15) is 9.18 Å². The maximum absolute atomic E-state index is 13.8. The van der Waals surface area contributed by atoms with Crippen LogP contribution < -0.4 is 16.0 Å². The van der Waals surface area contributed by atoms with Crippen LogP contribution in [0.25, 0.3) is 11.3 Å². The highest BCUT2D eigenvalue weighted by molar-refractivity contribution is 5.76. The monoisotopic (exact) mass is 357 g/mol. The second-order valence-electron chi connectivity index (χ2n) is 6.59. The van der Waals surface area contributed by atoms with Crippen molar-refractivity contribution in [3.8, 4) is 11.3 Å². The number of amides is 1. The van der Waals surface area contributed by atoms with Gasteiger partial charge in [0.25, 0.3) is 0 Å². The van der Waals surface area contributed by atoms with Crippen molar-refractivity contribution < 1.29 is 9.18 Å². The van der Waals surface area contributed by atoms with E-state index in [0.29, 0.717) is 24.2 Å². The summed E-state index contributed by atoms with van der Waals surface area (Å²) in [5.74, 6) is 0.594. The van der Waals surface area contributed by atoms with Crippen LogP contribution in [0, 0.1) is 12.7 Å². The molecule has 0 unspecified atom stereocenters. The molecule has 2 aromatic rings. The SMILES string of the molecule is Cc1ccc(-c2cc(N3CCC(NC(=O)CCN)CC3)ncn2)cc1F. The summed E-state index contributed by atoms with van der Waals surface area (Å²) < 4.78 is 13.8. The van der Waals surface area contributed by atoms with Gasteiger partial charge in [-0.15, -0.1) is 0 Å². The Kier molecular flexibility index (Phi) is 5.78. The molecule has 0 spiro atoms. The Bertz CT molecular complexity index is 774. The van der Waals surface area contributed by atoms with Crippen LogP contribution in [0.2, 0.25) is 0 Å². The van der Waals surface area contributed by atoms with Crippen LogP contribution in [0.15, 0.2) is 30.6 Å². The van der Waals surface area contributed by atoms with Gasteiger partial charge >= 0.3 is 0 Å². The number of hydrogen-bond acceptors (Lipinski definition) is 5. The number of piperidine rings is 1. The summed E-state index contributed by atoms with van der Waals surface area (Å²) in [6.45, 7) is 3.70. The van der Waals surface area contributed by atoms with Gasteiger partial charge in [-0.25, -0.2) is 14.4 Å². The zero-order valence-electron chi connectivity index (χ0n) is 14.9. The van der Waals surface area contributed by atoms with Crippen LogP contribution in [0.5, 0.6) is 0 Å². The molecule has 1 aromatic heterocycles. The van der Waals surface area contributed by atoms with Crippen molar-refractivity contribution in [2.45, 2.75) is 32.2 Å². The topological polar surface area (TPSA) is 84.1 Å². The maximum atomic E-state index is 13.8. The lowest BCUT2D eigenvalue weighted by Crippen LogP contribution is -2.45. The first-order valence-electron chi connectivity index (χ1n) is 8.90. The third-order valence-electron chi connectivity index (χ3n) is 4.68. The molecule has 3 rings (SSSR count). The number of aromatic nitrogens is 2. The summed E-state index contributed by atoms with van der Waals surface area (Å²) in [5.41, 5.74) is 7.46. The summed E-state index contributed by atoms with van der Waals surface area (Å²) >= 11 is 0. The Labute approximate surface area is 152 Å². The largest absolute Gasteiger partial charge is 0.356 e. The predicted molar refractivity (Wildman–Crippen MR) is 99.2 cm³/mol. The van der Waals surface area contributed by atoms with Gasteiger partial charge in [0, 0.05) is 43.7 Å². The fraction of sp³-hybridized carbons (Fsp3) is 0.421. The molecule has 0 bridgehead atoms. The highest BCUT2D eigenvalue weighted by Crippen LogP contribution is 2.24. The molecule has 26 heavy (non-hydrogen) atoms. The molecule has 2 heterocycles. The van der Waals surface area contributed by atoms with E-state index in [2.05, 4.69) is 20.2 Å². The summed E-state index contributed by atoms with van der Waals surface area (Å²) in [5, 5.41) is 3.02. The third-order valence-corrected chi connectivity index (χ3v) is 4.68. The fourth-order valence-corrected chi connectivity index (χ4v) is 3.11. The first-order chi connectivity index (χ1) is 12.6. The number of rotatable bonds is 5. The van der Waals surface area contributed by atoms with E-state index in [4.69, 9.17) is 5.73 Å². The lowest BCUT2D eigenvalue weighted by molar-refractivity contribution is -0.121. The van der Waals surface area contributed by atoms with E-state index in [1.54, 1.807) is 13.0 Å². The van der Waals surface area contributed by atoms with Gasteiger partial charge in [-0.3, -0.25) is 4.79 Å². The van der Waals surface area contributed by atoms with Gasteiger partial charge in [0.1, 0.15) is 18.0 Å². The van der Waals surface area contributed by atoms with Crippen molar-refractivity contribution in [3.05, 3.63) is 42.0 Å². The van der Waals surface area contributed by atoms with Crippen molar-refractivity contribution in [3.63, 3.8) is 0 Å². The summed E-state index contributed by atoms with van der Waals surface area (Å²) in [6.07, 6.45) is 3.59. The molecular weight excluding hydrogens is 333 g/mol. The Hall–Kier alpha value is -2.54. The number of carbonyl (C=O) groups is 1. The average molecular weight is 357 g/mol. The molecule has 1 aliphatic rings. The van der Waals surface area contributed by atoms with Gasteiger partial charge in [-0.05, 0) is 31.4 Å². The van der Waals surface area contributed by atoms with E-state index >= 15 is 0 Å². The van der Waals surface area contributed by atoms with Crippen molar-refractivity contribution in [2.75, 3.05) is 24.5 Å². The maximum Gasteiger partial charge on any atom is 0.221 e. The molecule has 1 amide bonds. The first-order valence-corrected chi connectivity index (χ1v) is 8.90. The molecule has 7 heteroatoms. The van der Waals surface area contributed by atoms with Crippen LogP contribution in [0.3, 0.4) is 0 Å². The van der Waals surface area contributed by atoms with Crippen LogP contribution in [0.4, 0.5) is 10.2 Å². The van der Waals surface area contributed by atoms with Crippen molar-refractivity contribution in [1.82, 2.24) is 15.3 Å². The molecule has 0 aliphatic carbocycles. The molecule has 1 fully saturated rings. The second-order valence-corrected chi connectivity index (χ2v) is 6.59. The molecule has 3 N–H and O–H groups in total. The molecule has 0 saturated carbocycles. The standard InChI is InChI=1S/C19H24FN5O/c1-13-2-3-14(10-16(13)20)17-11-18(23-12-22-17)25-8-5-15(6-9-25)24-19(26)4-7-21/h2-3,10-12,15H,4-9,21H2,1H3,(H,24,26). The zero-order chi connectivity index (χ0) is 18.5. The Morgan fingerprint density at radius 1 is 1.31 bits per heavy atom. The number of aryl methyl sites for hydroxylation is 1. The van der Waals surface area contributed by atoms with Gasteiger partial charge in [-0.2, -0.15) is 0 Å². The fourth-order valence-electron chi connectivity index (χ4n) is 3.11. The molecule has 6 nitrogen and oxygen atoms in total. The van der Waals surface area contributed by atoms with Gasteiger partial charge in [0.05, 0.1) is 5.69 Å². The minimum Gasteiger partial charge on any atom is -0.356 e. The summed E-state index contributed by atoms with van der Waals surface area (Å²) in [4.78, 5) is 22.5. The molecular formula is C19H24FN5O. The summed E-state index contributed by atoms with van der Waals surface area (Å²) in [6, 6.07) is 7.18. The second kappa shape index (κ2) is 8.23. The molecule has 1 saturated heterocycles. The zero-order valence-corrected chi connectivity index (χ0v) is 14.9. The lowest BCUT2D eigenvalue weighted by atomic mass is 10.0. The first kappa shape index (κ1) is 18.3. The predicted octanol–water partition coefficient (Wildman–Crippen LogP) is 2.02. The van der Waals surface area contributed by atoms with Gasteiger partial charge in [0.15, 0.2) is 0 Å². The van der Waals surface area contributed by atoms with E-state index in [1.807, 2.05) is 12.1 Å². The van der Waals surface area contributed by atoms with E-state index in [1.165, 1.54) is 12.4 Å².